The Hall–Kier alpha value is -3.35. The van der Waals surface area contributed by atoms with Crippen molar-refractivity contribution in [2.24, 2.45) is 17.8 Å². The molecule has 1 saturated heterocycles. The van der Waals surface area contributed by atoms with Gasteiger partial charge in [0.1, 0.15) is 12.1 Å². The lowest BCUT2D eigenvalue weighted by Crippen LogP contribution is -2.64. The van der Waals surface area contributed by atoms with Crippen LogP contribution in [-0.2, 0) is 14.3 Å². The van der Waals surface area contributed by atoms with E-state index in [9.17, 15) is 19.5 Å². The monoisotopic (exact) mass is 460 g/mol. The van der Waals surface area contributed by atoms with E-state index in [2.05, 4.69) is 29.6 Å². The molecule has 1 aliphatic heterocycles. The maximum atomic E-state index is 13.4. The zero-order valence-electron chi connectivity index (χ0n) is 18.9. The van der Waals surface area contributed by atoms with E-state index in [1.165, 1.54) is 11.1 Å². The van der Waals surface area contributed by atoms with E-state index < -0.39 is 17.6 Å². The van der Waals surface area contributed by atoms with Crippen LogP contribution in [0.1, 0.15) is 42.7 Å². The van der Waals surface area contributed by atoms with Crippen molar-refractivity contribution < 1.29 is 24.2 Å². The second-order valence-electron chi connectivity index (χ2n) is 10.1. The summed E-state index contributed by atoms with van der Waals surface area (Å²) in [6.07, 6.45) is 2.19. The molecule has 3 atom stereocenters. The highest BCUT2D eigenvalue weighted by molar-refractivity contribution is 5.91. The Morgan fingerprint density at radius 2 is 1.65 bits per heavy atom. The highest BCUT2D eigenvalue weighted by atomic mass is 16.5. The van der Waals surface area contributed by atoms with Crippen LogP contribution in [-0.4, -0.2) is 53.2 Å². The van der Waals surface area contributed by atoms with E-state index in [1.54, 1.807) is 4.90 Å². The molecule has 3 fully saturated rings. The minimum absolute atomic E-state index is 0.0342. The summed E-state index contributed by atoms with van der Waals surface area (Å²) in [7, 11) is 0. The molecule has 2 aromatic rings. The second kappa shape index (κ2) is 7.86. The van der Waals surface area contributed by atoms with E-state index >= 15 is 0 Å². The highest BCUT2D eigenvalue weighted by Gasteiger charge is 2.59. The van der Waals surface area contributed by atoms with Gasteiger partial charge in [-0.15, -0.1) is 0 Å². The fraction of sp³-hybridized carbons (Fsp3) is 0.444. The number of carboxylic acid groups (broad SMARTS) is 1. The number of piperidine rings is 1. The molecule has 0 radical (unpaired) electrons. The lowest BCUT2D eigenvalue weighted by Gasteiger charge is -2.44. The van der Waals surface area contributed by atoms with Crippen LogP contribution in [0.25, 0.3) is 11.1 Å². The maximum absolute atomic E-state index is 13.4. The van der Waals surface area contributed by atoms with Gasteiger partial charge < -0.3 is 20.1 Å². The summed E-state index contributed by atoms with van der Waals surface area (Å²) in [5.74, 6) is -0.991. The number of likely N-dealkylation sites (tertiary alicyclic amines) is 1. The molecule has 2 aromatic carbocycles. The first kappa shape index (κ1) is 21.2. The van der Waals surface area contributed by atoms with Gasteiger partial charge in [0.15, 0.2) is 0 Å². The Labute approximate surface area is 198 Å². The molecule has 2 N–H and O–H groups in total. The SMILES string of the molecule is O=C(NC1(C(=O)N2CCC3C(C2)C3C(=O)O)CCC1)OCC1c2ccccc2-c2ccccc21. The van der Waals surface area contributed by atoms with Gasteiger partial charge in [-0.25, -0.2) is 4.79 Å². The molecule has 176 valence electrons. The Morgan fingerprint density at radius 1 is 1.00 bits per heavy atom. The van der Waals surface area contributed by atoms with Crippen molar-refractivity contribution in [2.75, 3.05) is 19.7 Å². The number of alkyl carbamates (subject to hydrolysis) is 1. The number of carboxylic acids is 1. The Kier molecular flexibility index (Phi) is 4.90. The van der Waals surface area contributed by atoms with Crippen LogP contribution in [0, 0.1) is 17.8 Å². The number of amides is 2. The number of rotatable bonds is 5. The molecule has 0 aromatic heterocycles. The number of benzene rings is 2. The molecule has 34 heavy (non-hydrogen) atoms. The van der Waals surface area contributed by atoms with Gasteiger partial charge in [0.05, 0.1) is 5.92 Å². The van der Waals surface area contributed by atoms with Crippen LogP contribution in [0.3, 0.4) is 0 Å². The summed E-state index contributed by atoms with van der Waals surface area (Å²) in [4.78, 5) is 39.4. The minimum Gasteiger partial charge on any atom is -0.481 e. The van der Waals surface area contributed by atoms with Crippen LogP contribution in [0.4, 0.5) is 4.79 Å². The largest absolute Gasteiger partial charge is 0.481 e. The molecule has 4 aliphatic rings. The van der Waals surface area contributed by atoms with Crippen LogP contribution in [0.5, 0.6) is 0 Å². The first-order valence-electron chi connectivity index (χ1n) is 12.1. The number of carbonyl (C=O) groups excluding carboxylic acids is 2. The Balaban J connectivity index is 1.11. The highest BCUT2D eigenvalue weighted by Crippen LogP contribution is 2.52. The number of fused-ring (bicyclic) bond motifs is 4. The third-order valence-corrected chi connectivity index (χ3v) is 8.37. The lowest BCUT2D eigenvalue weighted by atomic mass is 9.75. The fourth-order valence-corrected chi connectivity index (χ4v) is 6.34. The number of nitrogens with one attached hydrogen (secondary N) is 1. The van der Waals surface area contributed by atoms with Crippen LogP contribution >= 0.6 is 0 Å². The van der Waals surface area contributed by atoms with Gasteiger partial charge in [-0.1, -0.05) is 48.5 Å². The molecule has 0 spiro atoms. The van der Waals surface area contributed by atoms with Crippen molar-refractivity contribution in [3.05, 3.63) is 59.7 Å². The van der Waals surface area contributed by atoms with Crippen molar-refractivity contribution in [1.82, 2.24) is 10.2 Å². The van der Waals surface area contributed by atoms with Crippen LogP contribution in [0.15, 0.2) is 48.5 Å². The molecule has 7 nitrogen and oxygen atoms in total. The summed E-state index contributed by atoms with van der Waals surface area (Å²) in [5, 5.41) is 12.2. The van der Waals surface area contributed by atoms with Gasteiger partial charge in [0, 0.05) is 19.0 Å². The van der Waals surface area contributed by atoms with Crippen molar-refractivity contribution >= 4 is 18.0 Å². The van der Waals surface area contributed by atoms with Crippen molar-refractivity contribution in [2.45, 2.75) is 37.1 Å². The molecule has 1 heterocycles. The summed E-state index contributed by atoms with van der Waals surface area (Å²) < 4.78 is 5.69. The van der Waals surface area contributed by atoms with Gasteiger partial charge in [0.25, 0.3) is 0 Å². The van der Waals surface area contributed by atoms with Gasteiger partial charge in [-0.2, -0.15) is 0 Å². The van der Waals surface area contributed by atoms with Crippen LogP contribution in [0.2, 0.25) is 0 Å². The summed E-state index contributed by atoms with van der Waals surface area (Å²) >= 11 is 0. The van der Waals surface area contributed by atoms with E-state index in [0.717, 1.165) is 17.5 Å². The molecule has 3 aliphatic carbocycles. The topological polar surface area (TPSA) is 95.9 Å². The first-order valence-corrected chi connectivity index (χ1v) is 12.1. The molecule has 3 unspecified atom stereocenters. The summed E-state index contributed by atoms with van der Waals surface area (Å²) in [6, 6.07) is 16.4. The van der Waals surface area contributed by atoms with Gasteiger partial charge in [0.2, 0.25) is 5.91 Å². The number of hydrogen-bond donors (Lipinski definition) is 2. The number of aliphatic carboxylic acids is 1. The van der Waals surface area contributed by atoms with E-state index in [4.69, 9.17) is 4.74 Å². The first-order chi connectivity index (χ1) is 16.5. The molecule has 2 saturated carbocycles. The lowest BCUT2D eigenvalue weighted by molar-refractivity contribution is -0.143. The summed E-state index contributed by atoms with van der Waals surface area (Å²) in [6.45, 7) is 1.23. The molecular weight excluding hydrogens is 432 g/mol. The molecular formula is C27H28N2O5. The van der Waals surface area contributed by atoms with Gasteiger partial charge in [-0.3, -0.25) is 9.59 Å². The van der Waals surface area contributed by atoms with E-state index in [-0.39, 0.29) is 36.2 Å². The third kappa shape index (κ3) is 3.29. The van der Waals surface area contributed by atoms with Crippen molar-refractivity contribution in [3.8, 4) is 11.1 Å². The molecule has 2 amide bonds. The number of nitrogens with zero attached hydrogens (tertiary/aromatic N) is 1. The quantitative estimate of drug-likeness (QED) is 0.711. The van der Waals surface area contributed by atoms with E-state index in [1.807, 2.05) is 24.3 Å². The molecule has 6 rings (SSSR count). The number of hydrogen-bond acceptors (Lipinski definition) is 4. The fourth-order valence-electron chi connectivity index (χ4n) is 6.34. The van der Waals surface area contributed by atoms with E-state index in [0.29, 0.717) is 32.4 Å². The number of carbonyl (C=O) groups is 3. The Morgan fingerprint density at radius 3 is 2.24 bits per heavy atom. The van der Waals surface area contributed by atoms with Gasteiger partial charge in [-0.05, 0) is 59.8 Å². The average Bonchev–Trinajstić information content (AvgIpc) is 3.47. The minimum atomic E-state index is -0.928. The smallest absolute Gasteiger partial charge is 0.408 e. The number of ether oxygens (including phenoxy) is 1. The Bertz CT molecular complexity index is 1130. The summed E-state index contributed by atoms with van der Waals surface area (Å²) in [5.41, 5.74) is 3.70. The zero-order valence-corrected chi connectivity index (χ0v) is 18.9. The van der Waals surface area contributed by atoms with Crippen molar-refractivity contribution in [3.63, 3.8) is 0 Å². The standard InChI is InChI=1S/C27H28N2O5/c30-24(31)23-20-10-13-29(14-21(20)23)25(32)27(11-5-12-27)28-26(33)34-15-22-18-8-3-1-6-16(18)17-7-2-4-9-19(17)22/h1-4,6-9,20-23H,5,10-15H2,(H,28,33)(H,30,31). The van der Waals surface area contributed by atoms with Crippen molar-refractivity contribution in [1.29, 1.82) is 0 Å². The molecule has 7 heteroatoms. The predicted molar refractivity (Wildman–Crippen MR) is 124 cm³/mol. The second-order valence-corrected chi connectivity index (χ2v) is 10.1. The average molecular weight is 461 g/mol. The third-order valence-electron chi connectivity index (χ3n) is 8.37. The predicted octanol–water partition coefficient (Wildman–Crippen LogP) is 3.63. The maximum Gasteiger partial charge on any atom is 0.408 e. The zero-order chi connectivity index (χ0) is 23.4. The normalized spacial score (nSPS) is 25.9. The van der Waals surface area contributed by atoms with Gasteiger partial charge >= 0.3 is 12.1 Å². The van der Waals surface area contributed by atoms with Crippen LogP contribution < -0.4 is 5.32 Å². The molecule has 0 bridgehead atoms.